The zero-order valence-electron chi connectivity index (χ0n) is 26.1. The van der Waals surface area contributed by atoms with Crippen molar-refractivity contribution in [1.82, 2.24) is 24.8 Å². The predicted octanol–water partition coefficient (Wildman–Crippen LogP) is 7.93. The molecule has 0 saturated heterocycles. The van der Waals surface area contributed by atoms with E-state index in [0.717, 1.165) is 30.6 Å². The maximum atomic E-state index is 6.26. The van der Waals surface area contributed by atoms with E-state index in [1.165, 1.54) is 0 Å². The Hall–Kier alpha value is -3.53. The molecule has 2 heterocycles. The van der Waals surface area contributed by atoms with Gasteiger partial charge in [-0.2, -0.15) is 9.97 Å². The molecule has 0 spiro atoms. The fourth-order valence-electron chi connectivity index (χ4n) is 4.24. The van der Waals surface area contributed by atoms with Crippen molar-refractivity contribution in [2.45, 2.75) is 79.1 Å². The highest BCUT2D eigenvalue weighted by molar-refractivity contribution is 6.76. The predicted molar refractivity (Wildman–Crippen MR) is 171 cm³/mol. The highest BCUT2D eigenvalue weighted by atomic mass is 28.3. The lowest BCUT2D eigenvalue weighted by Gasteiger charge is -2.18. The summed E-state index contributed by atoms with van der Waals surface area (Å²) in [5.41, 5.74) is 1.68. The summed E-state index contributed by atoms with van der Waals surface area (Å²) in [5.74, 6) is 3.93. The van der Waals surface area contributed by atoms with Crippen LogP contribution in [-0.2, 0) is 24.4 Å². The molecule has 9 heteroatoms. The number of imidazole rings is 1. The van der Waals surface area contributed by atoms with Crippen LogP contribution in [0.1, 0.15) is 39.2 Å². The molecule has 2 aromatic carbocycles. The molecule has 4 aromatic rings. The number of aromatic nitrogens is 4. The van der Waals surface area contributed by atoms with Gasteiger partial charge in [0, 0.05) is 33.7 Å². The number of ether oxygens (including phenoxy) is 3. The van der Waals surface area contributed by atoms with Crippen LogP contribution in [0, 0.1) is 5.92 Å². The minimum atomic E-state index is -1.21. The quantitative estimate of drug-likeness (QED) is 0.112. The molecule has 2 aromatic heterocycles. The Bertz CT molecular complexity index is 1340. The summed E-state index contributed by atoms with van der Waals surface area (Å²) in [6, 6.07) is 22.3. The van der Waals surface area contributed by atoms with Crippen molar-refractivity contribution < 1.29 is 14.2 Å². The topological polar surface area (TPSA) is 83.3 Å². The van der Waals surface area contributed by atoms with Crippen LogP contribution in [-0.4, -0.2) is 40.2 Å². The number of hydrogen-bond acceptors (Lipinski definition) is 7. The summed E-state index contributed by atoms with van der Waals surface area (Å²) in [4.78, 5) is 14.8. The highest BCUT2D eigenvalue weighted by Crippen LogP contribution is 2.31. The first kappa shape index (κ1) is 31.4. The van der Waals surface area contributed by atoms with Crippen LogP contribution in [0.2, 0.25) is 25.7 Å². The van der Waals surface area contributed by atoms with Crippen LogP contribution in [0.25, 0.3) is 11.5 Å². The third-order valence-electron chi connectivity index (χ3n) is 6.46. The van der Waals surface area contributed by atoms with Gasteiger partial charge >= 0.3 is 0 Å². The van der Waals surface area contributed by atoms with E-state index >= 15 is 0 Å². The number of para-hydroxylation sites is 2. The lowest BCUT2D eigenvalue weighted by molar-refractivity contribution is 0.0826. The Labute approximate surface area is 251 Å². The molecule has 0 aliphatic rings. The van der Waals surface area contributed by atoms with Crippen LogP contribution in [0.15, 0.2) is 66.7 Å². The summed E-state index contributed by atoms with van der Waals surface area (Å²) < 4.78 is 20.8. The number of hydrogen-bond donors (Lipinski definition) is 1. The number of nitrogens with one attached hydrogen (secondary N) is 1. The van der Waals surface area contributed by atoms with E-state index in [9.17, 15) is 0 Å². The fourth-order valence-corrected chi connectivity index (χ4v) is 4.99. The normalized spacial score (nSPS) is 11.8. The average Bonchev–Trinajstić information content (AvgIpc) is 3.26. The van der Waals surface area contributed by atoms with E-state index in [-0.39, 0.29) is 6.04 Å². The van der Waals surface area contributed by atoms with Crippen LogP contribution < -0.4 is 14.8 Å². The Morgan fingerprint density at radius 3 is 1.88 bits per heavy atom. The maximum Gasteiger partial charge on any atom is 0.226 e. The van der Waals surface area contributed by atoms with Crippen LogP contribution in [0.4, 0.5) is 0 Å². The van der Waals surface area contributed by atoms with Gasteiger partial charge < -0.3 is 24.1 Å². The van der Waals surface area contributed by atoms with Gasteiger partial charge in [0.25, 0.3) is 0 Å². The molecule has 0 bridgehead atoms. The first-order valence-electron chi connectivity index (χ1n) is 14.8. The fraction of sp³-hybridized carbons (Fsp3) is 0.424. The second kappa shape index (κ2) is 14.6. The summed E-state index contributed by atoms with van der Waals surface area (Å²) in [6.07, 6.45) is 0.805. The Kier molecular flexibility index (Phi) is 10.9. The largest absolute Gasteiger partial charge is 0.439 e. The monoisotopic (exact) mass is 587 g/mol. The number of nitrogens with zero attached hydrogens (tertiary/aromatic N) is 4. The molecule has 0 unspecified atom stereocenters. The molecule has 1 N–H and O–H groups in total. The molecule has 8 nitrogen and oxygen atoms in total. The lowest BCUT2D eigenvalue weighted by atomic mass is 10.1. The van der Waals surface area contributed by atoms with Crippen molar-refractivity contribution in [2.75, 3.05) is 6.61 Å². The molecule has 0 amide bonds. The SMILES string of the molecule is CC(C)Cc1nc(-c2nc(Oc3ccccc3)cc(Oc3ccccc3)n2)c(CNC(C)C)n1COCC[Si](C)(C)C. The summed E-state index contributed by atoms with van der Waals surface area (Å²) in [7, 11) is -1.21. The zero-order chi connectivity index (χ0) is 30.1. The lowest BCUT2D eigenvalue weighted by Crippen LogP contribution is -2.25. The molecule has 0 saturated carbocycles. The van der Waals surface area contributed by atoms with Gasteiger partial charge in [-0.05, 0) is 36.2 Å². The molecule has 0 fully saturated rings. The van der Waals surface area contributed by atoms with E-state index < -0.39 is 8.07 Å². The minimum Gasteiger partial charge on any atom is -0.439 e. The van der Waals surface area contributed by atoms with Crippen molar-refractivity contribution in [3.8, 4) is 34.8 Å². The van der Waals surface area contributed by atoms with Crippen LogP contribution in [0.5, 0.6) is 23.3 Å². The van der Waals surface area contributed by atoms with Crippen molar-refractivity contribution in [3.63, 3.8) is 0 Å². The molecule has 0 atom stereocenters. The zero-order valence-corrected chi connectivity index (χ0v) is 27.1. The van der Waals surface area contributed by atoms with Crippen molar-refractivity contribution >= 4 is 8.07 Å². The second-order valence-electron chi connectivity index (χ2n) is 12.4. The molecule has 0 aliphatic heterocycles. The third kappa shape index (κ3) is 9.51. The molecule has 42 heavy (non-hydrogen) atoms. The molecule has 4 rings (SSSR count). The summed E-state index contributed by atoms with van der Waals surface area (Å²) in [6.45, 7) is 17.5. The van der Waals surface area contributed by atoms with Gasteiger partial charge in [0.1, 0.15) is 29.7 Å². The maximum absolute atomic E-state index is 6.26. The smallest absolute Gasteiger partial charge is 0.226 e. The van der Waals surface area contributed by atoms with Gasteiger partial charge in [-0.15, -0.1) is 0 Å². The van der Waals surface area contributed by atoms with E-state index in [1.54, 1.807) is 6.07 Å². The van der Waals surface area contributed by atoms with Crippen LogP contribution >= 0.6 is 0 Å². The van der Waals surface area contributed by atoms with Gasteiger partial charge in [-0.3, -0.25) is 0 Å². The van der Waals surface area contributed by atoms with Gasteiger partial charge in [-0.1, -0.05) is 83.7 Å². The van der Waals surface area contributed by atoms with Crippen molar-refractivity contribution in [1.29, 1.82) is 0 Å². The molecular formula is C33H45N5O3Si. The van der Waals surface area contributed by atoms with Gasteiger partial charge in [0.05, 0.1) is 11.8 Å². The average molecular weight is 588 g/mol. The van der Waals surface area contributed by atoms with Crippen molar-refractivity contribution in [2.24, 2.45) is 5.92 Å². The molecule has 0 aliphatic carbocycles. The Balaban J connectivity index is 1.78. The van der Waals surface area contributed by atoms with Crippen LogP contribution in [0.3, 0.4) is 0 Å². The number of benzene rings is 2. The molecule has 224 valence electrons. The van der Waals surface area contributed by atoms with Crippen molar-refractivity contribution in [3.05, 3.63) is 78.2 Å². The molecular weight excluding hydrogens is 542 g/mol. The summed E-state index contributed by atoms with van der Waals surface area (Å²) in [5, 5.41) is 3.57. The Morgan fingerprint density at radius 2 is 1.38 bits per heavy atom. The highest BCUT2D eigenvalue weighted by Gasteiger charge is 2.23. The van der Waals surface area contributed by atoms with E-state index in [0.29, 0.717) is 54.0 Å². The van der Waals surface area contributed by atoms with Gasteiger partial charge in [-0.25, -0.2) is 4.98 Å². The van der Waals surface area contributed by atoms with Gasteiger partial charge in [0.2, 0.25) is 11.8 Å². The molecule has 0 radical (unpaired) electrons. The summed E-state index contributed by atoms with van der Waals surface area (Å²) >= 11 is 0. The van der Waals surface area contributed by atoms with Gasteiger partial charge in [0.15, 0.2) is 5.82 Å². The van der Waals surface area contributed by atoms with E-state index in [2.05, 4.69) is 57.2 Å². The standard InChI is InChI=1S/C33H45N5O3Si/c1-24(2)20-29-35-32(28(22-34-25(3)4)38(29)23-39-18-19-42(5,6)7)33-36-30(40-26-14-10-8-11-15-26)21-31(37-33)41-27-16-12-9-13-17-27/h8-17,21,24-25,34H,18-20,22-23H2,1-7H3. The first-order chi connectivity index (χ1) is 20.1. The first-order valence-corrected chi connectivity index (χ1v) is 18.5. The Morgan fingerprint density at radius 1 is 0.810 bits per heavy atom. The number of rotatable bonds is 15. The minimum absolute atomic E-state index is 0.285. The second-order valence-corrected chi connectivity index (χ2v) is 18.1. The van der Waals surface area contributed by atoms with E-state index in [1.807, 2.05) is 60.7 Å². The third-order valence-corrected chi connectivity index (χ3v) is 8.16. The van der Waals surface area contributed by atoms with E-state index in [4.69, 9.17) is 29.2 Å².